The van der Waals surface area contributed by atoms with E-state index in [9.17, 15) is 0 Å². The van der Waals surface area contributed by atoms with Gasteiger partial charge in [-0.15, -0.1) is 0 Å². The molecule has 3 heterocycles. The van der Waals surface area contributed by atoms with Crippen LogP contribution >= 0.6 is 0 Å². The van der Waals surface area contributed by atoms with Gasteiger partial charge in [0.2, 0.25) is 8.32 Å². The molecule has 0 bridgehead atoms. The number of hydrogen-bond acceptors (Lipinski definition) is 7. The minimum absolute atomic E-state index is 0.264. The Labute approximate surface area is 176 Å². The normalized spacial score (nSPS) is 36.3. The van der Waals surface area contributed by atoms with E-state index in [2.05, 4.69) is 26.6 Å². The van der Waals surface area contributed by atoms with Crippen molar-refractivity contribution in [2.45, 2.75) is 116 Å². The van der Waals surface area contributed by atoms with Gasteiger partial charge in [-0.1, -0.05) is 13.3 Å². The Balaban J connectivity index is 1.80. The molecule has 3 saturated heterocycles. The van der Waals surface area contributed by atoms with Crippen LogP contribution in [-0.2, 0) is 32.8 Å². The van der Waals surface area contributed by atoms with Crippen molar-refractivity contribution in [3.63, 3.8) is 0 Å². The first-order valence-electron chi connectivity index (χ1n) is 10.8. The van der Waals surface area contributed by atoms with E-state index in [1.165, 1.54) is 0 Å². The number of allylic oxidation sites excluding steroid dienone is 1. The molecule has 0 spiro atoms. The lowest BCUT2D eigenvalue weighted by Crippen LogP contribution is -2.44. The molecule has 5 atom stereocenters. The first kappa shape index (κ1) is 23.0. The number of rotatable bonds is 8. The molecule has 0 unspecified atom stereocenters. The predicted molar refractivity (Wildman–Crippen MR) is 111 cm³/mol. The molecule has 0 radical (unpaired) electrons. The lowest BCUT2D eigenvalue weighted by atomic mass is 10.1. The highest BCUT2D eigenvalue weighted by Gasteiger charge is 2.60. The van der Waals surface area contributed by atoms with Crippen molar-refractivity contribution in [3.05, 3.63) is 12.0 Å². The SMILES string of the molecule is CCCC/C=C(\O[C@@H]1[C@H]2OC(C)(C)O[C@H]2O[C@@H]1[C@H]1COC(C)(C)O1)O[Si](C)(C)C. The summed E-state index contributed by atoms with van der Waals surface area (Å²) in [5, 5.41) is 0. The van der Waals surface area contributed by atoms with Crippen molar-refractivity contribution < 1.29 is 32.8 Å². The molecule has 3 rings (SSSR count). The second kappa shape index (κ2) is 8.47. The first-order valence-corrected chi connectivity index (χ1v) is 14.2. The van der Waals surface area contributed by atoms with Gasteiger partial charge in [0.05, 0.1) is 6.61 Å². The lowest BCUT2D eigenvalue weighted by Gasteiger charge is -2.31. The maximum absolute atomic E-state index is 6.44. The number of ether oxygens (including phenoxy) is 6. The van der Waals surface area contributed by atoms with Crippen LogP contribution in [0.5, 0.6) is 0 Å². The maximum atomic E-state index is 6.44. The molecule has 3 fully saturated rings. The van der Waals surface area contributed by atoms with E-state index < -0.39 is 32.3 Å². The summed E-state index contributed by atoms with van der Waals surface area (Å²) in [6.45, 7) is 16.6. The van der Waals surface area contributed by atoms with Gasteiger partial charge in [-0.3, -0.25) is 0 Å². The van der Waals surface area contributed by atoms with Crippen LogP contribution in [-0.4, -0.2) is 57.2 Å². The van der Waals surface area contributed by atoms with E-state index in [1.54, 1.807) is 0 Å². The fourth-order valence-corrected chi connectivity index (χ4v) is 4.52. The smallest absolute Gasteiger partial charge is 0.261 e. The molecular weight excluding hydrogens is 392 g/mol. The van der Waals surface area contributed by atoms with Crippen molar-refractivity contribution >= 4 is 8.32 Å². The van der Waals surface area contributed by atoms with Gasteiger partial charge in [0.25, 0.3) is 5.95 Å². The first-order chi connectivity index (χ1) is 13.4. The molecule has 0 aliphatic carbocycles. The van der Waals surface area contributed by atoms with Crippen LogP contribution in [0.1, 0.15) is 53.9 Å². The zero-order valence-corrected chi connectivity index (χ0v) is 20.2. The molecule has 0 aromatic heterocycles. The Bertz CT molecular complexity index is 598. The minimum Gasteiger partial charge on any atom is -0.520 e. The fourth-order valence-electron chi connectivity index (χ4n) is 3.79. The summed E-state index contributed by atoms with van der Waals surface area (Å²) in [6.07, 6.45) is 3.24. The van der Waals surface area contributed by atoms with Crippen LogP contribution in [0, 0.1) is 0 Å². The number of hydrogen-bond donors (Lipinski definition) is 0. The largest absolute Gasteiger partial charge is 0.520 e. The van der Waals surface area contributed by atoms with Gasteiger partial charge in [0.15, 0.2) is 30.1 Å². The molecule has 29 heavy (non-hydrogen) atoms. The molecular formula is C21H38O7Si. The van der Waals surface area contributed by atoms with Crippen molar-refractivity contribution in [2.24, 2.45) is 0 Å². The lowest BCUT2D eigenvalue weighted by molar-refractivity contribution is -0.235. The highest BCUT2D eigenvalue weighted by Crippen LogP contribution is 2.42. The van der Waals surface area contributed by atoms with Gasteiger partial charge in [0, 0.05) is 0 Å². The summed E-state index contributed by atoms with van der Waals surface area (Å²) in [7, 11) is -1.85. The Hall–Kier alpha value is -0.643. The Morgan fingerprint density at radius 1 is 1.03 bits per heavy atom. The Kier molecular flexibility index (Phi) is 6.73. The van der Waals surface area contributed by atoms with E-state index in [0.717, 1.165) is 19.3 Å². The fraction of sp³-hybridized carbons (Fsp3) is 0.905. The van der Waals surface area contributed by atoms with Crippen molar-refractivity contribution in [1.29, 1.82) is 0 Å². The van der Waals surface area contributed by atoms with E-state index >= 15 is 0 Å². The molecule has 0 saturated carbocycles. The van der Waals surface area contributed by atoms with Gasteiger partial charge < -0.3 is 32.8 Å². The van der Waals surface area contributed by atoms with Gasteiger partial charge in [-0.05, 0) is 66.3 Å². The molecule has 0 amide bonds. The van der Waals surface area contributed by atoms with E-state index in [4.69, 9.17) is 32.8 Å². The summed E-state index contributed by atoms with van der Waals surface area (Å²) in [5.74, 6) is -0.811. The van der Waals surface area contributed by atoms with Crippen molar-refractivity contribution in [3.8, 4) is 0 Å². The van der Waals surface area contributed by atoms with Crippen LogP contribution in [0.4, 0.5) is 0 Å². The summed E-state index contributed by atoms with van der Waals surface area (Å²) in [5.41, 5.74) is 0. The molecule has 0 aromatic carbocycles. The maximum Gasteiger partial charge on any atom is 0.261 e. The summed E-state index contributed by atoms with van der Waals surface area (Å²) in [4.78, 5) is 0. The molecule has 0 aromatic rings. The zero-order chi connectivity index (χ0) is 21.4. The number of fused-ring (bicyclic) bond motifs is 1. The van der Waals surface area contributed by atoms with E-state index in [0.29, 0.717) is 12.6 Å². The monoisotopic (exact) mass is 430 g/mol. The molecule has 7 nitrogen and oxygen atoms in total. The average molecular weight is 431 g/mol. The second-order valence-corrected chi connectivity index (χ2v) is 14.3. The summed E-state index contributed by atoms with van der Waals surface area (Å²) >= 11 is 0. The van der Waals surface area contributed by atoms with Gasteiger partial charge in [-0.2, -0.15) is 0 Å². The third-order valence-electron chi connectivity index (χ3n) is 4.95. The van der Waals surface area contributed by atoms with Gasteiger partial charge in [0.1, 0.15) is 12.2 Å². The van der Waals surface area contributed by atoms with E-state index in [1.807, 2.05) is 33.8 Å². The molecule has 3 aliphatic rings. The zero-order valence-electron chi connectivity index (χ0n) is 19.2. The van der Waals surface area contributed by atoms with Crippen LogP contribution in [0.3, 0.4) is 0 Å². The third-order valence-corrected chi connectivity index (χ3v) is 5.77. The average Bonchev–Trinajstić information content (AvgIpc) is 3.16. The van der Waals surface area contributed by atoms with Crippen molar-refractivity contribution in [2.75, 3.05) is 6.61 Å². The van der Waals surface area contributed by atoms with E-state index in [-0.39, 0.29) is 18.3 Å². The predicted octanol–water partition coefficient (Wildman–Crippen LogP) is 4.28. The minimum atomic E-state index is -1.85. The topological polar surface area (TPSA) is 64.6 Å². The van der Waals surface area contributed by atoms with Crippen LogP contribution in [0.25, 0.3) is 0 Å². The highest BCUT2D eigenvalue weighted by molar-refractivity contribution is 6.70. The molecule has 8 heteroatoms. The Morgan fingerprint density at radius 2 is 1.76 bits per heavy atom. The Morgan fingerprint density at radius 3 is 2.34 bits per heavy atom. The standard InChI is InChI=1S/C21H38O7Si/c1-9-10-11-12-15(28-29(6,7)8)23-17-16(14-13-22-20(2,3)25-14)24-19-18(17)26-21(4,5)27-19/h12,14,16-19H,9-11,13H2,1-8H3/b15-12+/t14-,16-,17+,18-,19-/m1/s1. The molecule has 0 N–H and O–H groups in total. The van der Waals surface area contributed by atoms with Crippen LogP contribution < -0.4 is 0 Å². The van der Waals surface area contributed by atoms with Crippen LogP contribution in [0.2, 0.25) is 19.6 Å². The van der Waals surface area contributed by atoms with Crippen LogP contribution in [0.15, 0.2) is 12.0 Å². The third kappa shape index (κ3) is 5.95. The highest BCUT2D eigenvalue weighted by atomic mass is 28.4. The number of unbranched alkanes of at least 4 members (excludes halogenated alkanes) is 2. The molecule has 3 aliphatic heterocycles. The van der Waals surface area contributed by atoms with Gasteiger partial charge >= 0.3 is 0 Å². The van der Waals surface area contributed by atoms with Gasteiger partial charge in [-0.25, -0.2) is 0 Å². The second-order valence-electron chi connectivity index (χ2n) is 9.90. The van der Waals surface area contributed by atoms with Crippen molar-refractivity contribution in [1.82, 2.24) is 0 Å². The molecule has 168 valence electrons. The quantitative estimate of drug-likeness (QED) is 0.323. The summed E-state index contributed by atoms with van der Waals surface area (Å²) in [6, 6.07) is 0. The summed E-state index contributed by atoms with van der Waals surface area (Å²) < 4.78 is 42.8.